The van der Waals surface area contributed by atoms with Gasteiger partial charge in [-0.2, -0.15) is 9.37 Å². The van der Waals surface area contributed by atoms with Crippen LogP contribution in [0.2, 0.25) is 5.28 Å². The highest BCUT2D eigenvalue weighted by Gasteiger charge is 2.33. The van der Waals surface area contributed by atoms with Crippen LogP contribution in [0, 0.1) is 19.7 Å². The molecular weight excluding hydrogens is 497 g/mol. The molecule has 0 spiro atoms. The number of nitrogens with zero attached hydrogens (tertiary/aromatic N) is 3. The molecule has 0 radical (unpaired) electrons. The molecule has 10 heteroatoms. The van der Waals surface area contributed by atoms with Gasteiger partial charge in [0, 0.05) is 0 Å². The zero-order valence-corrected chi connectivity index (χ0v) is 20.9. The highest BCUT2D eigenvalue weighted by molar-refractivity contribution is 8.27. The van der Waals surface area contributed by atoms with Gasteiger partial charge in [0.15, 0.2) is 15.8 Å². The molecule has 1 saturated heterocycles. The number of benzene rings is 2. The van der Waals surface area contributed by atoms with Crippen LogP contribution in [0.5, 0.6) is 17.4 Å². The van der Waals surface area contributed by atoms with Crippen LogP contribution < -0.4 is 14.4 Å². The van der Waals surface area contributed by atoms with Gasteiger partial charge in [-0.3, -0.25) is 9.69 Å². The monoisotopic (exact) mass is 515 g/mol. The lowest BCUT2D eigenvalue weighted by Crippen LogP contribution is -2.27. The van der Waals surface area contributed by atoms with E-state index < -0.39 is 5.82 Å². The van der Waals surface area contributed by atoms with Crippen molar-refractivity contribution in [3.8, 4) is 17.4 Å². The van der Waals surface area contributed by atoms with Crippen LogP contribution >= 0.6 is 35.6 Å². The van der Waals surface area contributed by atoms with Crippen molar-refractivity contribution in [2.75, 3.05) is 11.5 Å². The molecule has 6 nitrogen and oxygen atoms in total. The summed E-state index contributed by atoms with van der Waals surface area (Å²) in [5.41, 5.74) is 3.64. The van der Waals surface area contributed by atoms with E-state index in [2.05, 4.69) is 9.97 Å². The lowest BCUT2D eigenvalue weighted by molar-refractivity contribution is -0.113. The fourth-order valence-electron chi connectivity index (χ4n) is 3.18. The number of carbonyl (C=O) groups is 1. The number of aromatic nitrogens is 2. The lowest BCUT2D eigenvalue weighted by atomic mass is 10.1. The molecule has 1 aliphatic heterocycles. The molecule has 2 aromatic carbocycles. The van der Waals surface area contributed by atoms with Crippen molar-refractivity contribution in [1.29, 1.82) is 0 Å². The van der Waals surface area contributed by atoms with E-state index in [1.807, 2.05) is 39.0 Å². The molecule has 1 aliphatic rings. The topological polar surface area (TPSA) is 64.5 Å². The number of aryl methyl sites for hydroxylation is 2. The van der Waals surface area contributed by atoms with Gasteiger partial charge in [-0.15, -0.1) is 0 Å². The zero-order valence-electron chi connectivity index (χ0n) is 18.5. The third-order valence-electron chi connectivity index (χ3n) is 5.00. The van der Waals surface area contributed by atoms with E-state index >= 15 is 0 Å². The Balaban J connectivity index is 1.63. The summed E-state index contributed by atoms with van der Waals surface area (Å²) in [6.07, 6.45) is 2.66. The van der Waals surface area contributed by atoms with Crippen molar-refractivity contribution in [1.82, 2.24) is 9.97 Å². The second kappa shape index (κ2) is 10.1. The predicted octanol–water partition coefficient (Wildman–Crippen LogP) is 6.48. The standard InChI is InChI=1S/C24H19ClFN3O3S2/c1-4-31-19-10-15(6-8-18(19)32-21-17(26)12-27-23(25)28-21)11-20-22(30)29(24(33)34-20)16-7-5-13(2)14(3)9-16/h5-12H,4H2,1-3H3/b20-11+. The highest BCUT2D eigenvalue weighted by Crippen LogP contribution is 2.38. The Kier molecular flexibility index (Phi) is 7.16. The van der Waals surface area contributed by atoms with Crippen LogP contribution in [0.25, 0.3) is 6.08 Å². The minimum absolute atomic E-state index is 0.142. The van der Waals surface area contributed by atoms with Gasteiger partial charge in [0.1, 0.15) is 0 Å². The molecule has 0 unspecified atom stereocenters. The molecule has 0 bridgehead atoms. The molecule has 0 N–H and O–H groups in total. The number of rotatable bonds is 6. The Morgan fingerprint density at radius 2 is 1.97 bits per heavy atom. The predicted molar refractivity (Wildman–Crippen MR) is 136 cm³/mol. The largest absolute Gasteiger partial charge is 0.490 e. The van der Waals surface area contributed by atoms with Crippen LogP contribution in [-0.4, -0.2) is 26.8 Å². The smallest absolute Gasteiger partial charge is 0.270 e. The normalized spacial score (nSPS) is 14.7. The maximum Gasteiger partial charge on any atom is 0.270 e. The first-order valence-corrected chi connectivity index (χ1v) is 11.8. The summed E-state index contributed by atoms with van der Waals surface area (Å²) in [7, 11) is 0. The van der Waals surface area contributed by atoms with E-state index in [1.165, 1.54) is 16.7 Å². The summed E-state index contributed by atoms with van der Waals surface area (Å²) < 4.78 is 25.7. The van der Waals surface area contributed by atoms with Gasteiger partial charge in [-0.1, -0.05) is 36.1 Å². The quantitative estimate of drug-likeness (QED) is 0.211. The molecule has 1 amide bonds. The lowest BCUT2D eigenvalue weighted by Gasteiger charge is -2.16. The van der Waals surface area contributed by atoms with Gasteiger partial charge in [-0.05, 0) is 79.4 Å². The first-order valence-electron chi connectivity index (χ1n) is 10.2. The SMILES string of the molecule is CCOc1cc(/C=C2/SC(=S)N(c3ccc(C)c(C)c3)C2=O)ccc1Oc1nc(Cl)ncc1F. The highest BCUT2D eigenvalue weighted by atomic mass is 35.5. The van der Waals surface area contributed by atoms with Crippen molar-refractivity contribution in [2.45, 2.75) is 20.8 Å². The van der Waals surface area contributed by atoms with E-state index in [0.717, 1.165) is 23.0 Å². The summed E-state index contributed by atoms with van der Waals surface area (Å²) in [5, 5.41) is -0.142. The first-order chi connectivity index (χ1) is 16.3. The van der Waals surface area contributed by atoms with E-state index in [4.69, 9.17) is 33.3 Å². The van der Waals surface area contributed by atoms with Gasteiger partial charge in [-0.25, -0.2) is 4.98 Å². The van der Waals surface area contributed by atoms with E-state index in [1.54, 1.807) is 24.3 Å². The number of hydrogen-bond acceptors (Lipinski definition) is 7. The molecule has 0 saturated carbocycles. The van der Waals surface area contributed by atoms with Crippen LogP contribution in [0.4, 0.5) is 10.1 Å². The molecular formula is C24H19ClFN3O3S2. The second-order valence-electron chi connectivity index (χ2n) is 7.32. The third-order valence-corrected chi connectivity index (χ3v) is 6.48. The van der Waals surface area contributed by atoms with E-state index in [9.17, 15) is 9.18 Å². The Morgan fingerprint density at radius 3 is 2.71 bits per heavy atom. The van der Waals surface area contributed by atoms with Gasteiger partial charge in [0.05, 0.1) is 23.4 Å². The van der Waals surface area contributed by atoms with Crippen molar-refractivity contribution < 1.29 is 18.7 Å². The molecule has 0 atom stereocenters. The maximum absolute atomic E-state index is 14.0. The molecule has 2 heterocycles. The first kappa shape index (κ1) is 24.1. The second-order valence-corrected chi connectivity index (χ2v) is 9.33. The van der Waals surface area contributed by atoms with E-state index in [0.29, 0.717) is 27.1 Å². The van der Waals surface area contributed by atoms with Crippen LogP contribution in [0.1, 0.15) is 23.6 Å². The molecule has 34 heavy (non-hydrogen) atoms. The number of carbonyl (C=O) groups excluding carboxylic acids is 1. The van der Waals surface area contributed by atoms with Crippen molar-refractivity contribution in [3.05, 3.63) is 75.3 Å². The van der Waals surface area contributed by atoms with Crippen molar-refractivity contribution >= 4 is 57.6 Å². The number of anilines is 1. The Morgan fingerprint density at radius 1 is 1.18 bits per heavy atom. The fraction of sp³-hybridized carbons (Fsp3) is 0.167. The van der Waals surface area contributed by atoms with Gasteiger partial charge >= 0.3 is 0 Å². The van der Waals surface area contributed by atoms with Crippen LogP contribution in [-0.2, 0) is 4.79 Å². The molecule has 1 fully saturated rings. The number of amides is 1. The fourth-order valence-corrected chi connectivity index (χ4v) is 4.60. The summed E-state index contributed by atoms with van der Waals surface area (Å²) in [5.74, 6) is -0.673. The van der Waals surface area contributed by atoms with Crippen molar-refractivity contribution in [3.63, 3.8) is 0 Å². The summed E-state index contributed by atoms with van der Waals surface area (Å²) in [4.78, 5) is 22.5. The van der Waals surface area contributed by atoms with Gasteiger partial charge in [0.2, 0.25) is 11.1 Å². The Hall–Kier alpha value is -3.01. The number of thioether (sulfide) groups is 1. The maximum atomic E-state index is 14.0. The number of hydrogen-bond donors (Lipinski definition) is 0. The summed E-state index contributed by atoms with van der Waals surface area (Å²) >= 11 is 12.4. The number of ether oxygens (including phenoxy) is 2. The third kappa shape index (κ3) is 5.06. The average molecular weight is 516 g/mol. The summed E-state index contributed by atoms with van der Waals surface area (Å²) in [6.45, 7) is 6.17. The average Bonchev–Trinajstić information content (AvgIpc) is 3.07. The Labute approximate surface area is 210 Å². The number of thiocarbonyl (C=S) groups is 1. The minimum Gasteiger partial charge on any atom is -0.490 e. The number of halogens is 2. The van der Waals surface area contributed by atoms with Gasteiger partial charge in [0.25, 0.3) is 11.8 Å². The van der Waals surface area contributed by atoms with E-state index in [-0.39, 0.29) is 22.8 Å². The molecule has 174 valence electrons. The molecule has 0 aliphatic carbocycles. The zero-order chi connectivity index (χ0) is 24.4. The van der Waals surface area contributed by atoms with Gasteiger partial charge < -0.3 is 9.47 Å². The molecule has 4 rings (SSSR count). The molecule has 3 aromatic rings. The summed E-state index contributed by atoms with van der Waals surface area (Å²) in [6, 6.07) is 10.8. The van der Waals surface area contributed by atoms with Crippen molar-refractivity contribution in [2.24, 2.45) is 0 Å². The minimum atomic E-state index is -0.758. The van der Waals surface area contributed by atoms with Crippen LogP contribution in [0.15, 0.2) is 47.5 Å². The van der Waals surface area contributed by atoms with Crippen LogP contribution in [0.3, 0.4) is 0 Å². The molecule has 1 aromatic heterocycles. The Bertz CT molecular complexity index is 1330.